The molecular weight excluding hydrogens is 310 g/mol. The van der Waals surface area contributed by atoms with Crippen molar-refractivity contribution in [1.29, 1.82) is 0 Å². The molecule has 2 aromatic heterocycles. The number of carbonyl (C=O) groups excluding carboxylic acids is 1. The van der Waals surface area contributed by atoms with Crippen LogP contribution >= 0.6 is 22.7 Å². The minimum absolute atomic E-state index is 0.0520. The minimum Gasteiger partial charge on any atom is -0.476 e. The van der Waals surface area contributed by atoms with E-state index in [4.69, 9.17) is 5.11 Å². The van der Waals surface area contributed by atoms with E-state index in [1.54, 1.807) is 11.3 Å². The summed E-state index contributed by atoms with van der Waals surface area (Å²) in [6.45, 7) is 7.16. The van der Waals surface area contributed by atoms with Gasteiger partial charge < -0.3 is 10.4 Å². The Morgan fingerprint density at radius 3 is 2.33 bits per heavy atom. The number of aromatic carboxylic acids is 1. The van der Waals surface area contributed by atoms with Gasteiger partial charge in [-0.15, -0.1) is 11.3 Å². The molecule has 112 valence electrons. The van der Waals surface area contributed by atoms with Crippen LogP contribution in [0.15, 0.2) is 0 Å². The van der Waals surface area contributed by atoms with Gasteiger partial charge in [0.2, 0.25) is 0 Å². The molecule has 0 saturated carbocycles. The van der Waals surface area contributed by atoms with Gasteiger partial charge in [-0.25, -0.2) is 14.8 Å². The summed E-state index contributed by atoms with van der Waals surface area (Å²) in [5.41, 5.74) is 0.749. The minimum atomic E-state index is -1.19. The van der Waals surface area contributed by atoms with Crippen LogP contribution in [0.4, 0.5) is 5.13 Å². The molecule has 0 aromatic carbocycles. The van der Waals surface area contributed by atoms with Crippen molar-refractivity contribution < 1.29 is 14.7 Å². The third kappa shape index (κ3) is 3.27. The summed E-state index contributed by atoms with van der Waals surface area (Å²) in [5.74, 6) is -1.49. The number of hydrogen-bond donors (Lipinski definition) is 2. The average molecular weight is 325 g/mol. The largest absolute Gasteiger partial charge is 0.476 e. The number of aromatic nitrogens is 2. The molecule has 0 aliphatic carbocycles. The first-order chi connectivity index (χ1) is 9.79. The maximum atomic E-state index is 11.5. The number of nitrogens with zero attached hydrogens (tertiary/aromatic N) is 2. The highest BCUT2D eigenvalue weighted by Crippen LogP contribution is 2.30. The number of thiazole rings is 2. The molecule has 0 aliphatic heterocycles. The number of carbonyl (C=O) groups is 2. The summed E-state index contributed by atoms with van der Waals surface area (Å²) in [6, 6.07) is -0.0520. The maximum absolute atomic E-state index is 11.5. The molecule has 8 heteroatoms. The lowest BCUT2D eigenvalue weighted by Crippen LogP contribution is -2.07. The highest BCUT2D eigenvalue weighted by atomic mass is 32.1. The van der Waals surface area contributed by atoms with Gasteiger partial charge in [-0.2, -0.15) is 0 Å². The number of rotatable bonds is 5. The standard InChI is InChI=1S/C13H15N3O3S2/c1-5-10(20-8(4)14-5)6(2)15-13-16-9(12(18)19)11(21-13)7(3)17/h6H,1-4H3,(H,15,16)(H,18,19). The zero-order valence-electron chi connectivity index (χ0n) is 12.1. The van der Waals surface area contributed by atoms with Crippen LogP contribution < -0.4 is 5.32 Å². The Balaban J connectivity index is 2.27. The van der Waals surface area contributed by atoms with E-state index in [-0.39, 0.29) is 22.4 Å². The summed E-state index contributed by atoms with van der Waals surface area (Å²) in [6.07, 6.45) is 0. The van der Waals surface area contributed by atoms with Crippen LogP contribution in [0.25, 0.3) is 0 Å². The van der Waals surface area contributed by atoms with Gasteiger partial charge in [-0.3, -0.25) is 4.79 Å². The SMILES string of the molecule is CC(=O)c1sc(NC(C)c2sc(C)nc2C)nc1C(=O)O. The second kappa shape index (κ2) is 5.90. The fourth-order valence-electron chi connectivity index (χ4n) is 1.96. The van der Waals surface area contributed by atoms with E-state index in [0.717, 1.165) is 26.9 Å². The molecule has 0 aliphatic rings. The molecule has 0 fully saturated rings. The van der Waals surface area contributed by atoms with Crippen LogP contribution in [0.2, 0.25) is 0 Å². The van der Waals surface area contributed by atoms with Crippen LogP contribution in [0.1, 0.15) is 55.6 Å². The number of hydrogen-bond acceptors (Lipinski definition) is 7. The monoisotopic (exact) mass is 325 g/mol. The lowest BCUT2D eigenvalue weighted by Gasteiger charge is -2.11. The Morgan fingerprint density at radius 1 is 1.24 bits per heavy atom. The zero-order valence-corrected chi connectivity index (χ0v) is 13.7. The lowest BCUT2D eigenvalue weighted by atomic mass is 10.2. The number of carboxylic acid groups (broad SMARTS) is 1. The van der Waals surface area contributed by atoms with Gasteiger partial charge in [-0.05, 0) is 20.8 Å². The summed E-state index contributed by atoms with van der Waals surface area (Å²) in [4.78, 5) is 32.2. The van der Waals surface area contributed by atoms with E-state index in [0.29, 0.717) is 5.13 Å². The Morgan fingerprint density at radius 2 is 1.90 bits per heavy atom. The Hall–Kier alpha value is -1.80. The van der Waals surface area contributed by atoms with Crippen LogP contribution in [0.3, 0.4) is 0 Å². The third-order valence-corrected chi connectivity index (χ3v) is 5.17. The number of anilines is 1. The number of ketones is 1. The molecule has 2 rings (SSSR count). The summed E-state index contributed by atoms with van der Waals surface area (Å²) >= 11 is 2.65. The molecular formula is C13H15N3O3S2. The molecule has 1 unspecified atom stereocenters. The molecule has 0 bridgehead atoms. The number of nitrogens with one attached hydrogen (secondary N) is 1. The van der Waals surface area contributed by atoms with Gasteiger partial charge in [0.15, 0.2) is 16.6 Å². The fourth-order valence-corrected chi connectivity index (χ4v) is 3.83. The van der Waals surface area contributed by atoms with Gasteiger partial charge >= 0.3 is 5.97 Å². The average Bonchev–Trinajstić information content (AvgIpc) is 2.93. The van der Waals surface area contributed by atoms with E-state index in [1.807, 2.05) is 20.8 Å². The number of carboxylic acids is 1. The van der Waals surface area contributed by atoms with Crippen molar-refractivity contribution in [3.63, 3.8) is 0 Å². The van der Waals surface area contributed by atoms with Crippen molar-refractivity contribution in [3.8, 4) is 0 Å². The Bertz CT molecular complexity index is 674. The summed E-state index contributed by atoms with van der Waals surface area (Å²) < 4.78 is 0. The smallest absolute Gasteiger partial charge is 0.356 e. The maximum Gasteiger partial charge on any atom is 0.356 e. The molecule has 0 amide bonds. The molecule has 6 nitrogen and oxygen atoms in total. The first kappa shape index (κ1) is 15.6. The predicted octanol–water partition coefficient (Wildman–Crippen LogP) is 3.29. The molecule has 1 atom stereocenters. The molecule has 0 spiro atoms. The first-order valence-electron chi connectivity index (χ1n) is 6.25. The van der Waals surface area contributed by atoms with Crippen LogP contribution in [0.5, 0.6) is 0 Å². The van der Waals surface area contributed by atoms with Crippen molar-refractivity contribution in [3.05, 3.63) is 26.1 Å². The van der Waals surface area contributed by atoms with Crippen molar-refractivity contribution >= 4 is 39.6 Å². The summed E-state index contributed by atoms with van der Waals surface area (Å²) in [7, 11) is 0. The number of Topliss-reactive ketones (excluding diaryl/α,β-unsaturated/α-hetero) is 1. The molecule has 0 radical (unpaired) electrons. The van der Waals surface area contributed by atoms with Gasteiger partial charge in [0.05, 0.1) is 16.7 Å². The van der Waals surface area contributed by atoms with Crippen molar-refractivity contribution in [2.45, 2.75) is 33.7 Å². The second-order valence-electron chi connectivity index (χ2n) is 4.61. The molecule has 2 N–H and O–H groups in total. The van der Waals surface area contributed by atoms with Gasteiger partial charge in [0.25, 0.3) is 0 Å². The van der Waals surface area contributed by atoms with Crippen LogP contribution in [-0.4, -0.2) is 26.8 Å². The molecule has 21 heavy (non-hydrogen) atoms. The predicted molar refractivity (Wildman–Crippen MR) is 82.7 cm³/mol. The first-order valence-corrected chi connectivity index (χ1v) is 7.88. The van der Waals surface area contributed by atoms with E-state index in [1.165, 1.54) is 6.92 Å². The fraction of sp³-hybridized carbons (Fsp3) is 0.385. The van der Waals surface area contributed by atoms with E-state index < -0.39 is 5.97 Å². The van der Waals surface area contributed by atoms with E-state index >= 15 is 0 Å². The number of aryl methyl sites for hydroxylation is 2. The highest BCUT2D eigenvalue weighted by molar-refractivity contribution is 7.17. The third-order valence-electron chi connectivity index (χ3n) is 2.82. The Labute approximate surface area is 129 Å². The van der Waals surface area contributed by atoms with Crippen molar-refractivity contribution in [2.24, 2.45) is 0 Å². The summed E-state index contributed by atoms with van der Waals surface area (Å²) in [5, 5.41) is 13.6. The lowest BCUT2D eigenvalue weighted by molar-refractivity contribution is 0.0687. The van der Waals surface area contributed by atoms with Gasteiger partial charge in [-0.1, -0.05) is 11.3 Å². The Kier molecular flexibility index (Phi) is 4.38. The van der Waals surface area contributed by atoms with Crippen LogP contribution in [0, 0.1) is 13.8 Å². The van der Waals surface area contributed by atoms with E-state index in [9.17, 15) is 9.59 Å². The highest BCUT2D eigenvalue weighted by Gasteiger charge is 2.22. The quantitative estimate of drug-likeness (QED) is 0.820. The zero-order chi connectivity index (χ0) is 15.7. The molecule has 2 heterocycles. The van der Waals surface area contributed by atoms with Crippen LogP contribution in [-0.2, 0) is 0 Å². The van der Waals surface area contributed by atoms with Crippen molar-refractivity contribution in [2.75, 3.05) is 5.32 Å². The topological polar surface area (TPSA) is 92.2 Å². The van der Waals surface area contributed by atoms with Gasteiger partial charge in [0, 0.05) is 11.8 Å². The second-order valence-corrected chi connectivity index (χ2v) is 6.84. The van der Waals surface area contributed by atoms with E-state index in [2.05, 4.69) is 15.3 Å². The molecule has 2 aromatic rings. The van der Waals surface area contributed by atoms with Crippen molar-refractivity contribution in [1.82, 2.24) is 9.97 Å². The normalized spacial score (nSPS) is 12.2. The molecule has 0 saturated heterocycles. The van der Waals surface area contributed by atoms with Gasteiger partial charge in [0.1, 0.15) is 4.88 Å².